The zero-order valence-corrected chi connectivity index (χ0v) is 9.82. The molecule has 0 saturated carbocycles. The summed E-state index contributed by atoms with van der Waals surface area (Å²) in [4.78, 5) is 23.2. The van der Waals surface area contributed by atoms with Crippen molar-refractivity contribution in [1.29, 1.82) is 0 Å². The summed E-state index contributed by atoms with van der Waals surface area (Å²) < 4.78 is 5.02. The van der Waals surface area contributed by atoms with Crippen LogP contribution in [-0.2, 0) is 4.79 Å². The molecule has 0 heterocycles. The second-order valence-electron chi connectivity index (χ2n) is 3.95. The molecule has 0 unspecified atom stereocenters. The molecule has 0 aliphatic heterocycles. The van der Waals surface area contributed by atoms with E-state index in [1.807, 2.05) is 0 Å². The first-order valence-corrected chi connectivity index (χ1v) is 5.24. The molecule has 0 saturated heterocycles. The average Bonchev–Trinajstić information content (AvgIpc) is 2.28. The minimum absolute atomic E-state index is 0.0344. The van der Waals surface area contributed by atoms with Crippen LogP contribution in [-0.4, -0.2) is 18.7 Å². The maximum Gasteiger partial charge on any atom is 0.170 e. The summed E-state index contributed by atoms with van der Waals surface area (Å²) in [5.74, 6) is 0.336. The molecule has 0 atom stereocenters. The van der Waals surface area contributed by atoms with E-state index in [2.05, 4.69) is 0 Å². The van der Waals surface area contributed by atoms with Crippen LogP contribution >= 0.6 is 0 Å². The Balaban J connectivity index is 2.76. The molecule has 86 valence electrons. The lowest BCUT2D eigenvalue weighted by Crippen LogP contribution is -2.13. The first kappa shape index (κ1) is 12.4. The predicted octanol–water partition coefficient (Wildman–Crippen LogP) is 2.49. The van der Waals surface area contributed by atoms with Crippen molar-refractivity contribution in [3.05, 3.63) is 29.8 Å². The number of benzene rings is 1. The molecule has 0 amide bonds. The second kappa shape index (κ2) is 5.45. The summed E-state index contributed by atoms with van der Waals surface area (Å²) in [6.07, 6.45) is -0.0369. The zero-order valence-electron chi connectivity index (χ0n) is 9.82. The van der Waals surface area contributed by atoms with Gasteiger partial charge in [-0.1, -0.05) is 26.0 Å². The molecule has 0 spiro atoms. The molecule has 0 fully saturated rings. The van der Waals surface area contributed by atoms with Crippen LogP contribution in [0.2, 0.25) is 0 Å². The number of rotatable bonds is 5. The Bertz CT molecular complexity index is 394. The van der Waals surface area contributed by atoms with Gasteiger partial charge in [-0.05, 0) is 12.1 Å². The van der Waals surface area contributed by atoms with E-state index in [-0.39, 0.29) is 23.9 Å². The monoisotopic (exact) mass is 220 g/mol. The van der Waals surface area contributed by atoms with Crippen LogP contribution < -0.4 is 4.74 Å². The minimum atomic E-state index is -0.155. The third-order valence-electron chi connectivity index (χ3n) is 2.37. The van der Waals surface area contributed by atoms with Gasteiger partial charge in [-0.15, -0.1) is 0 Å². The molecule has 0 bridgehead atoms. The summed E-state index contributed by atoms with van der Waals surface area (Å²) in [5.41, 5.74) is 0.522. The van der Waals surface area contributed by atoms with E-state index in [1.54, 1.807) is 45.2 Å². The lowest BCUT2D eigenvalue weighted by molar-refractivity contribution is -0.121. The molecule has 0 aliphatic rings. The minimum Gasteiger partial charge on any atom is -0.497 e. The van der Waals surface area contributed by atoms with E-state index >= 15 is 0 Å². The van der Waals surface area contributed by atoms with Crippen molar-refractivity contribution in [2.45, 2.75) is 20.3 Å². The van der Waals surface area contributed by atoms with Gasteiger partial charge in [0.15, 0.2) is 5.78 Å². The molecule has 0 aliphatic carbocycles. The van der Waals surface area contributed by atoms with Gasteiger partial charge in [0.05, 0.1) is 13.5 Å². The number of hydrogen-bond acceptors (Lipinski definition) is 3. The molecule has 0 N–H and O–H groups in total. The van der Waals surface area contributed by atoms with Crippen molar-refractivity contribution in [2.75, 3.05) is 7.11 Å². The summed E-state index contributed by atoms with van der Waals surface area (Å²) in [7, 11) is 1.54. The van der Waals surface area contributed by atoms with Crippen molar-refractivity contribution in [3.8, 4) is 5.75 Å². The van der Waals surface area contributed by atoms with Crippen LogP contribution in [0.4, 0.5) is 0 Å². The van der Waals surface area contributed by atoms with Crippen molar-refractivity contribution in [1.82, 2.24) is 0 Å². The quantitative estimate of drug-likeness (QED) is 0.565. The van der Waals surface area contributed by atoms with Gasteiger partial charge in [-0.25, -0.2) is 0 Å². The fraction of sp³-hybridized carbons (Fsp3) is 0.385. The Labute approximate surface area is 95.4 Å². The van der Waals surface area contributed by atoms with Crippen molar-refractivity contribution < 1.29 is 14.3 Å². The Morgan fingerprint density at radius 3 is 2.56 bits per heavy atom. The van der Waals surface area contributed by atoms with Gasteiger partial charge in [-0.2, -0.15) is 0 Å². The number of ether oxygens (including phenoxy) is 1. The van der Waals surface area contributed by atoms with Crippen LogP contribution in [0.1, 0.15) is 30.6 Å². The fourth-order valence-corrected chi connectivity index (χ4v) is 1.26. The van der Waals surface area contributed by atoms with Gasteiger partial charge < -0.3 is 4.74 Å². The number of carbonyl (C=O) groups is 2. The van der Waals surface area contributed by atoms with Crippen molar-refractivity contribution in [2.24, 2.45) is 5.92 Å². The fourth-order valence-electron chi connectivity index (χ4n) is 1.26. The van der Waals surface area contributed by atoms with Gasteiger partial charge in [0.1, 0.15) is 11.5 Å². The van der Waals surface area contributed by atoms with Gasteiger partial charge in [-0.3, -0.25) is 9.59 Å². The summed E-state index contributed by atoms with van der Waals surface area (Å²) in [6.45, 7) is 3.59. The summed E-state index contributed by atoms with van der Waals surface area (Å²) in [6, 6.07) is 6.85. The Kier molecular flexibility index (Phi) is 4.23. The maximum atomic E-state index is 11.8. The number of Topliss-reactive ketones (excluding diaryl/α,β-unsaturated/α-hetero) is 2. The molecule has 1 rings (SSSR count). The van der Waals surface area contributed by atoms with E-state index in [0.717, 1.165) is 0 Å². The van der Waals surface area contributed by atoms with E-state index in [9.17, 15) is 9.59 Å². The van der Waals surface area contributed by atoms with Crippen LogP contribution in [0.5, 0.6) is 5.75 Å². The molecule has 3 heteroatoms. The SMILES string of the molecule is COc1cccc(C(=O)CC(=O)C(C)C)c1. The van der Waals surface area contributed by atoms with E-state index in [1.165, 1.54) is 0 Å². The highest BCUT2D eigenvalue weighted by atomic mass is 16.5. The van der Waals surface area contributed by atoms with Gasteiger partial charge in [0.25, 0.3) is 0 Å². The third kappa shape index (κ3) is 3.19. The number of ketones is 2. The molecule has 1 aromatic carbocycles. The van der Waals surface area contributed by atoms with E-state index in [0.29, 0.717) is 11.3 Å². The predicted molar refractivity (Wildman–Crippen MR) is 61.8 cm³/mol. The first-order chi connectivity index (χ1) is 7.54. The summed E-state index contributed by atoms with van der Waals surface area (Å²) in [5, 5.41) is 0. The maximum absolute atomic E-state index is 11.8. The highest BCUT2D eigenvalue weighted by Gasteiger charge is 2.14. The Morgan fingerprint density at radius 1 is 1.31 bits per heavy atom. The Hall–Kier alpha value is -1.64. The van der Waals surface area contributed by atoms with Crippen LogP contribution in [0.15, 0.2) is 24.3 Å². The molecule has 1 aromatic rings. The van der Waals surface area contributed by atoms with Crippen LogP contribution in [0.3, 0.4) is 0 Å². The molecule has 16 heavy (non-hydrogen) atoms. The molecular weight excluding hydrogens is 204 g/mol. The molecule has 0 aromatic heterocycles. The second-order valence-corrected chi connectivity index (χ2v) is 3.95. The Morgan fingerprint density at radius 2 is 2.00 bits per heavy atom. The van der Waals surface area contributed by atoms with Crippen molar-refractivity contribution >= 4 is 11.6 Å². The third-order valence-corrected chi connectivity index (χ3v) is 2.37. The number of carbonyl (C=O) groups excluding carboxylic acids is 2. The first-order valence-electron chi connectivity index (χ1n) is 5.24. The number of methoxy groups -OCH3 is 1. The molecule has 3 nitrogen and oxygen atoms in total. The van der Waals surface area contributed by atoms with E-state index in [4.69, 9.17) is 4.74 Å². The van der Waals surface area contributed by atoms with Crippen molar-refractivity contribution in [3.63, 3.8) is 0 Å². The number of hydrogen-bond donors (Lipinski definition) is 0. The largest absolute Gasteiger partial charge is 0.497 e. The van der Waals surface area contributed by atoms with E-state index < -0.39 is 0 Å². The smallest absolute Gasteiger partial charge is 0.170 e. The molecular formula is C13H16O3. The highest BCUT2D eigenvalue weighted by molar-refractivity contribution is 6.08. The van der Waals surface area contributed by atoms with Gasteiger partial charge >= 0.3 is 0 Å². The lowest BCUT2D eigenvalue weighted by atomic mass is 10.00. The highest BCUT2D eigenvalue weighted by Crippen LogP contribution is 2.14. The normalized spacial score (nSPS) is 10.2. The molecule has 0 radical (unpaired) electrons. The lowest BCUT2D eigenvalue weighted by Gasteiger charge is -2.05. The average molecular weight is 220 g/mol. The zero-order chi connectivity index (χ0) is 12.1. The topological polar surface area (TPSA) is 43.4 Å². The van der Waals surface area contributed by atoms with Crippen LogP contribution in [0, 0.1) is 5.92 Å². The summed E-state index contributed by atoms with van der Waals surface area (Å²) >= 11 is 0. The van der Waals surface area contributed by atoms with Crippen LogP contribution in [0.25, 0.3) is 0 Å². The van der Waals surface area contributed by atoms with Gasteiger partial charge in [0.2, 0.25) is 0 Å². The standard InChI is InChI=1S/C13H16O3/c1-9(2)12(14)8-13(15)10-5-4-6-11(7-10)16-3/h4-7,9H,8H2,1-3H3. The van der Waals surface area contributed by atoms with Gasteiger partial charge in [0, 0.05) is 11.5 Å².